The summed E-state index contributed by atoms with van der Waals surface area (Å²) in [5.41, 5.74) is 2.88. The summed E-state index contributed by atoms with van der Waals surface area (Å²) in [6.45, 7) is 3.89. The van der Waals surface area contributed by atoms with E-state index in [9.17, 15) is 0 Å². The molecule has 0 fully saturated rings. The average molecular weight is 200 g/mol. The highest BCUT2D eigenvalue weighted by atomic mass is 14.9. The molecule has 0 atom stereocenters. The van der Waals surface area contributed by atoms with Gasteiger partial charge in [0.2, 0.25) is 0 Å². The zero-order valence-corrected chi connectivity index (χ0v) is 8.81. The molecule has 0 bridgehead atoms. The smallest absolute Gasteiger partial charge is 0.134 e. The number of aryl methyl sites for hydroxylation is 2. The normalized spacial score (nSPS) is 10.3. The lowest BCUT2D eigenvalue weighted by Gasteiger charge is -2.00. The maximum absolute atomic E-state index is 4.35. The molecule has 0 radical (unpaired) electrons. The summed E-state index contributed by atoms with van der Waals surface area (Å²) < 4.78 is 0. The lowest BCUT2D eigenvalue weighted by atomic mass is 10.3. The first-order chi connectivity index (χ1) is 7.24. The van der Waals surface area contributed by atoms with Gasteiger partial charge in [0.15, 0.2) is 0 Å². The Hall–Kier alpha value is -1.84. The van der Waals surface area contributed by atoms with Gasteiger partial charge in [-0.1, -0.05) is 0 Å². The maximum atomic E-state index is 4.35. The van der Waals surface area contributed by atoms with Crippen LogP contribution in [0.25, 0.3) is 0 Å². The van der Waals surface area contributed by atoms with Crippen LogP contribution in [0.4, 0.5) is 0 Å². The van der Waals surface area contributed by atoms with E-state index in [-0.39, 0.29) is 0 Å². The van der Waals surface area contributed by atoms with Crippen molar-refractivity contribution < 1.29 is 0 Å². The third kappa shape index (κ3) is 2.56. The quantitative estimate of drug-likeness (QED) is 0.736. The van der Waals surface area contributed by atoms with Crippen molar-refractivity contribution in [3.8, 4) is 0 Å². The van der Waals surface area contributed by atoms with Crippen molar-refractivity contribution >= 4 is 0 Å². The van der Waals surface area contributed by atoms with E-state index in [2.05, 4.69) is 19.9 Å². The van der Waals surface area contributed by atoms with Gasteiger partial charge in [0.1, 0.15) is 5.82 Å². The first kappa shape index (κ1) is 9.71. The number of rotatable bonds is 2. The van der Waals surface area contributed by atoms with E-state index in [0.717, 1.165) is 22.8 Å². The molecule has 4 nitrogen and oxygen atoms in total. The fourth-order valence-corrected chi connectivity index (χ4v) is 1.27. The minimum Gasteiger partial charge on any atom is -0.261 e. The summed E-state index contributed by atoms with van der Waals surface area (Å²) in [7, 11) is 0. The first-order valence-electron chi connectivity index (χ1n) is 4.79. The Bertz CT molecular complexity index is 450. The van der Waals surface area contributed by atoms with Gasteiger partial charge in [0.25, 0.3) is 0 Å². The van der Waals surface area contributed by atoms with E-state index in [1.165, 1.54) is 0 Å². The van der Waals surface area contributed by atoms with Gasteiger partial charge in [-0.25, -0.2) is 9.97 Å². The van der Waals surface area contributed by atoms with E-state index in [4.69, 9.17) is 0 Å². The molecule has 0 aliphatic heterocycles. The Balaban J connectivity index is 2.18. The Kier molecular flexibility index (Phi) is 2.67. The Morgan fingerprint density at radius 1 is 1.00 bits per heavy atom. The Morgan fingerprint density at radius 2 is 1.73 bits per heavy atom. The van der Waals surface area contributed by atoms with Crippen molar-refractivity contribution in [2.45, 2.75) is 20.3 Å². The molecule has 2 rings (SSSR count). The molecule has 0 amide bonds. The molecule has 0 N–H and O–H groups in total. The Morgan fingerprint density at radius 3 is 2.40 bits per heavy atom. The molecular weight excluding hydrogens is 188 g/mol. The number of hydrogen-bond donors (Lipinski definition) is 0. The minimum atomic E-state index is 0.634. The van der Waals surface area contributed by atoms with Crippen molar-refractivity contribution in [2.24, 2.45) is 0 Å². The second-order valence-electron chi connectivity index (χ2n) is 3.51. The van der Waals surface area contributed by atoms with E-state index < -0.39 is 0 Å². The lowest BCUT2D eigenvalue weighted by Crippen LogP contribution is -2.00. The van der Waals surface area contributed by atoms with Gasteiger partial charge >= 0.3 is 0 Å². The number of aromatic nitrogens is 4. The molecule has 0 unspecified atom stereocenters. The number of hydrogen-bond acceptors (Lipinski definition) is 4. The zero-order valence-electron chi connectivity index (χ0n) is 8.81. The summed E-state index contributed by atoms with van der Waals surface area (Å²) in [6, 6.07) is 0. The minimum absolute atomic E-state index is 0.634. The zero-order chi connectivity index (χ0) is 10.7. The van der Waals surface area contributed by atoms with Crippen LogP contribution >= 0.6 is 0 Å². The van der Waals surface area contributed by atoms with Gasteiger partial charge in [-0.15, -0.1) is 0 Å². The summed E-state index contributed by atoms with van der Waals surface area (Å²) in [4.78, 5) is 16.9. The van der Waals surface area contributed by atoms with E-state index in [1.807, 2.05) is 26.2 Å². The van der Waals surface area contributed by atoms with Crippen LogP contribution in [0.5, 0.6) is 0 Å². The molecule has 0 saturated carbocycles. The second-order valence-corrected chi connectivity index (χ2v) is 3.51. The fraction of sp³-hybridized carbons (Fsp3) is 0.273. The first-order valence-corrected chi connectivity index (χ1v) is 4.79. The van der Waals surface area contributed by atoms with Crippen molar-refractivity contribution in [2.75, 3.05) is 0 Å². The van der Waals surface area contributed by atoms with Crippen molar-refractivity contribution in [1.82, 2.24) is 19.9 Å². The number of nitrogens with zero attached hydrogens (tertiary/aromatic N) is 4. The topological polar surface area (TPSA) is 51.6 Å². The molecule has 0 aromatic carbocycles. The Labute approximate surface area is 88.5 Å². The molecule has 2 aromatic rings. The molecule has 0 aliphatic carbocycles. The summed E-state index contributed by atoms with van der Waals surface area (Å²) in [6.07, 6.45) is 7.74. The summed E-state index contributed by atoms with van der Waals surface area (Å²) in [5, 5.41) is 0. The highest BCUT2D eigenvalue weighted by Crippen LogP contribution is 2.02. The molecule has 4 heteroatoms. The van der Waals surface area contributed by atoms with Crippen LogP contribution in [-0.4, -0.2) is 19.9 Å². The van der Waals surface area contributed by atoms with Gasteiger partial charge in [-0.05, 0) is 19.4 Å². The van der Waals surface area contributed by atoms with Gasteiger partial charge in [0.05, 0.1) is 17.8 Å². The molecule has 0 spiro atoms. The summed E-state index contributed by atoms with van der Waals surface area (Å²) >= 11 is 0. The molecule has 2 aromatic heterocycles. The van der Waals surface area contributed by atoms with Crippen LogP contribution in [0.15, 0.2) is 24.8 Å². The fourth-order valence-electron chi connectivity index (χ4n) is 1.27. The third-order valence-electron chi connectivity index (χ3n) is 1.98. The van der Waals surface area contributed by atoms with E-state index >= 15 is 0 Å². The van der Waals surface area contributed by atoms with Gasteiger partial charge < -0.3 is 0 Å². The van der Waals surface area contributed by atoms with Crippen LogP contribution in [-0.2, 0) is 6.42 Å². The highest BCUT2D eigenvalue weighted by molar-refractivity contribution is 5.09. The van der Waals surface area contributed by atoms with E-state index in [1.54, 1.807) is 12.4 Å². The van der Waals surface area contributed by atoms with Crippen LogP contribution in [0, 0.1) is 13.8 Å². The molecule has 0 aliphatic rings. The van der Waals surface area contributed by atoms with Crippen LogP contribution in [0.2, 0.25) is 0 Å². The van der Waals surface area contributed by atoms with E-state index in [0.29, 0.717) is 6.42 Å². The highest BCUT2D eigenvalue weighted by Gasteiger charge is 2.00. The predicted octanol–water partition coefficient (Wildman–Crippen LogP) is 1.47. The standard InChI is InChI=1S/C11H12N4/c1-8-4-13-11(14-5-8)3-10-7-12-6-9(2)15-10/h4-7H,3H2,1-2H3. The monoisotopic (exact) mass is 200 g/mol. The molecule has 2 heterocycles. The van der Waals surface area contributed by atoms with Gasteiger partial charge in [-0.3, -0.25) is 9.97 Å². The molecular formula is C11H12N4. The average Bonchev–Trinajstić information content (AvgIpc) is 2.22. The summed E-state index contributed by atoms with van der Waals surface area (Å²) in [5.74, 6) is 0.778. The maximum Gasteiger partial charge on any atom is 0.134 e. The van der Waals surface area contributed by atoms with Crippen LogP contribution < -0.4 is 0 Å². The van der Waals surface area contributed by atoms with Crippen LogP contribution in [0.3, 0.4) is 0 Å². The lowest BCUT2D eigenvalue weighted by molar-refractivity contribution is 0.904. The van der Waals surface area contributed by atoms with Crippen LogP contribution in [0.1, 0.15) is 22.8 Å². The van der Waals surface area contributed by atoms with Crippen molar-refractivity contribution in [3.63, 3.8) is 0 Å². The van der Waals surface area contributed by atoms with Gasteiger partial charge in [-0.2, -0.15) is 0 Å². The third-order valence-corrected chi connectivity index (χ3v) is 1.98. The van der Waals surface area contributed by atoms with Gasteiger partial charge in [0, 0.05) is 24.8 Å². The predicted molar refractivity (Wildman–Crippen MR) is 56.3 cm³/mol. The molecule has 15 heavy (non-hydrogen) atoms. The van der Waals surface area contributed by atoms with Crippen molar-refractivity contribution in [3.05, 3.63) is 47.6 Å². The SMILES string of the molecule is Cc1cnc(Cc2cncc(C)n2)nc1. The second kappa shape index (κ2) is 4.13. The van der Waals surface area contributed by atoms with Crippen molar-refractivity contribution in [1.29, 1.82) is 0 Å². The largest absolute Gasteiger partial charge is 0.261 e. The molecule has 76 valence electrons. The molecule has 0 saturated heterocycles.